The van der Waals surface area contributed by atoms with E-state index in [0.29, 0.717) is 105 Å². The Morgan fingerprint density at radius 3 is 1.62 bits per heavy atom. The van der Waals surface area contributed by atoms with Crippen molar-refractivity contribution in [2.24, 2.45) is 0 Å². The van der Waals surface area contributed by atoms with Crippen molar-refractivity contribution >= 4 is 17.9 Å². The number of carbonyl (C=O) groups is 3. The molecule has 1 aliphatic heterocycles. The number of hydrogen-bond acceptors (Lipinski definition) is 14. The molecule has 0 saturated carbocycles. The lowest BCUT2D eigenvalue weighted by Crippen LogP contribution is -2.56. The van der Waals surface area contributed by atoms with E-state index in [1.165, 1.54) is 14.2 Å². The van der Waals surface area contributed by atoms with Gasteiger partial charge in [-0.1, -0.05) is 12.1 Å². The molecule has 1 aromatic carbocycles. The fourth-order valence-corrected chi connectivity index (χ4v) is 6.23. The highest BCUT2D eigenvalue weighted by Crippen LogP contribution is 2.18. The molecule has 3 atom stereocenters. The molecular weight excluding hydrogens is 724 g/mol. The lowest BCUT2D eigenvalue weighted by atomic mass is 10.0. The average Bonchev–Trinajstić information content (AvgIpc) is 3.14. The molecule has 1 fully saturated rings. The van der Waals surface area contributed by atoms with E-state index in [-0.39, 0.29) is 13.2 Å². The maximum Gasteiger partial charge on any atom is 0.325 e. The molecule has 15 heteroatoms. The third-order valence-corrected chi connectivity index (χ3v) is 9.34. The second-order valence-electron chi connectivity index (χ2n) is 15.8. The minimum Gasteiger partial charge on any atom is -0.491 e. The number of aliphatic carboxylic acids is 1. The van der Waals surface area contributed by atoms with Gasteiger partial charge in [0.1, 0.15) is 30.5 Å². The minimum atomic E-state index is -0.887. The number of methoxy groups -OCH3 is 2. The number of rotatable bonds is 22. The Bertz CT molecular complexity index is 1260. The first-order valence-electron chi connectivity index (χ1n) is 20.0. The van der Waals surface area contributed by atoms with Crippen LogP contribution in [0.25, 0.3) is 0 Å². The number of benzene rings is 1. The molecule has 1 aliphatic rings. The Labute approximate surface area is 335 Å². The minimum absolute atomic E-state index is 0.0831. The molecule has 1 saturated heterocycles. The first-order valence-corrected chi connectivity index (χ1v) is 20.0. The standard InChI is InChI=1S/C41H72N4O11/c1-10-52-26-27-53-28-29-54-33-16-14-32(15-17-33)12-11-13-34(37(46)47)43-20-18-42-19-21-44(35(38(48)50-8)30-55-40(2,3)4)23-25-45(24-22-43)36(39(49)51-9)31-56-41(5,6)7/h14-17,34-36,42H,10-13,18-31H2,1-9H3,(H,46,47)/t34-,35+,36-/m0/s1. The van der Waals surface area contributed by atoms with Gasteiger partial charge in [0.15, 0.2) is 0 Å². The zero-order chi connectivity index (χ0) is 41.6. The molecule has 1 heterocycles. The van der Waals surface area contributed by atoms with Gasteiger partial charge < -0.3 is 43.6 Å². The van der Waals surface area contributed by atoms with Crippen molar-refractivity contribution in [1.29, 1.82) is 0 Å². The fourth-order valence-electron chi connectivity index (χ4n) is 6.23. The Kier molecular flexibility index (Phi) is 23.0. The zero-order valence-electron chi connectivity index (χ0n) is 35.6. The van der Waals surface area contributed by atoms with Crippen LogP contribution in [0, 0.1) is 0 Å². The first-order chi connectivity index (χ1) is 26.6. The van der Waals surface area contributed by atoms with Crippen LogP contribution in [-0.2, 0) is 49.2 Å². The van der Waals surface area contributed by atoms with Crippen LogP contribution in [0.2, 0.25) is 0 Å². The van der Waals surface area contributed by atoms with E-state index in [4.69, 9.17) is 33.2 Å². The lowest BCUT2D eigenvalue weighted by Gasteiger charge is -2.38. The summed E-state index contributed by atoms with van der Waals surface area (Å²) >= 11 is 0. The second-order valence-corrected chi connectivity index (χ2v) is 15.8. The second kappa shape index (κ2) is 26.2. The molecule has 56 heavy (non-hydrogen) atoms. The van der Waals surface area contributed by atoms with E-state index < -0.39 is 47.2 Å². The van der Waals surface area contributed by atoms with E-state index in [1.807, 2.05) is 87.4 Å². The van der Waals surface area contributed by atoms with Crippen LogP contribution in [0.15, 0.2) is 24.3 Å². The van der Waals surface area contributed by atoms with E-state index >= 15 is 0 Å². The summed E-state index contributed by atoms with van der Waals surface area (Å²) in [4.78, 5) is 45.2. The number of aryl methyl sites for hydroxylation is 1. The topological polar surface area (TPSA) is 158 Å². The molecule has 2 rings (SSSR count). The Hall–Kier alpha value is -2.89. The zero-order valence-corrected chi connectivity index (χ0v) is 35.6. The number of carboxylic acid groups (broad SMARTS) is 1. The van der Waals surface area contributed by atoms with Crippen molar-refractivity contribution in [2.75, 3.05) is 113 Å². The van der Waals surface area contributed by atoms with Crippen molar-refractivity contribution in [1.82, 2.24) is 20.0 Å². The molecule has 0 aliphatic carbocycles. The largest absolute Gasteiger partial charge is 0.491 e. The van der Waals surface area contributed by atoms with Gasteiger partial charge in [0, 0.05) is 59.0 Å². The number of carboxylic acids is 1. The number of esters is 2. The third kappa shape index (κ3) is 20.0. The Morgan fingerprint density at radius 1 is 0.696 bits per heavy atom. The summed E-state index contributed by atoms with van der Waals surface area (Å²) in [5, 5.41) is 14.0. The van der Waals surface area contributed by atoms with Crippen molar-refractivity contribution in [2.45, 2.75) is 97.1 Å². The van der Waals surface area contributed by atoms with Gasteiger partial charge in [-0.3, -0.25) is 29.1 Å². The highest BCUT2D eigenvalue weighted by atomic mass is 16.5. The molecule has 15 nitrogen and oxygen atoms in total. The molecule has 0 aromatic heterocycles. The summed E-state index contributed by atoms with van der Waals surface area (Å²) in [5.41, 5.74) is 0.120. The molecular formula is C41H72N4O11. The van der Waals surface area contributed by atoms with E-state index in [0.717, 1.165) is 11.3 Å². The van der Waals surface area contributed by atoms with Gasteiger partial charge >= 0.3 is 17.9 Å². The molecule has 1 aromatic rings. The summed E-state index contributed by atoms with van der Waals surface area (Å²) in [5.74, 6) is -0.980. The average molecular weight is 797 g/mol. The highest BCUT2D eigenvalue weighted by Gasteiger charge is 2.34. The molecule has 0 unspecified atom stereocenters. The van der Waals surface area contributed by atoms with Gasteiger partial charge in [0.2, 0.25) is 0 Å². The van der Waals surface area contributed by atoms with Gasteiger partial charge in [-0.15, -0.1) is 0 Å². The van der Waals surface area contributed by atoms with Crippen LogP contribution >= 0.6 is 0 Å². The summed E-state index contributed by atoms with van der Waals surface area (Å²) in [6.45, 7) is 20.0. The summed E-state index contributed by atoms with van der Waals surface area (Å²) < 4.78 is 39.2. The maximum absolute atomic E-state index is 13.3. The molecule has 2 N–H and O–H groups in total. The highest BCUT2D eigenvalue weighted by molar-refractivity contribution is 5.76. The van der Waals surface area contributed by atoms with Crippen molar-refractivity contribution in [3.8, 4) is 5.75 Å². The quantitative estimate of drug-likeness (QED) is 0.130. The summed E-state index contributed by atoms with van der Waals surface area (Å²) in [6, 6.07) is 5.71. The van der Waals surface area contributed by atoms with Crippen molar-refractivity contribution < 1.29 is 52.6 Å². The number of carbonyl (C=O) groups excluding carboxylic acids is 2. The Morgan fingerprint density at radius 2 is 1.16 bits per heavy atom. The lowest BCUT2D eigenvalue weighted by molar-refractivity contribution is -0.155. The van der Waals surface area contributed by atoms with E-state index in [1.54, 1.807) is 0 Å². The number of hydrogen-bond donors (Lipinski definition) is 2. The monoisotopic (exact) mass is 797 g/mol. The van der Waals surface area contributed by atoms with Crippen LogP contribution in [-0.4, -0.2) is 180 Å². The molecule has 322 valence electrons. The fraction of sp³-hybridized carbons (Fsp3) is 0.780. The van der Waals surface area contributed by atoms with Crippen LogP contribution in [0.5, 0.6) is 5.75 Å². The van der Waals surface area contributed by atoms with Gasteiger partial charge in [-0.05, 0) is 85.4 Å². The van der Waals surface area contributed by atoms with Gasteiger partial charge in [0.25, 0.3) is 0 Å². The van der Waals surface area contributed by atoms with E-state index in [9.17, 15) is 19.5 Å². The van der Waals surface area contributed by atoms with Crippen LogP contribution < -0.4 is 10.1 Å². The van der Waals surface area contributed by atoms with E-state index in [2.05, 4.69) is 5.32 Å². The molecule has 0 spiro atoms. The Balaban J connectivity index is 2.21. The number of ether oxygens (including phenoxy) is 7. The smallest absolute Gasteiger partial charge is 0.325 e. The summed E-state index contributed by atoms with van der Waals surface area (Å²) in [6.07, 6.45) is 1.83. The third-order valence-electron chi connectivity index (χ3n) is 9.34. The molecule has 0 bridgehead atoms. The SMILES string of the molecule is CCOCCOCCOc1ccc(CCC[C@@H](C(=O)O)N2CCNCCN([C@H](COC(C)(C)C)C(=O)OC)CCN([C@@H](COC(C)(C)C)C(=O)OC)CC2)cc1. The van der Waals surface area contributed by atoms with Crippen molar-refractivity contribution in [3.05, 3.63) is 29.8 Å². The number of nitrogens with one attached hydrogen (secondary N) is 1. The van der Waals surface area contributed by atoms with Gasteiger partial charge in [-0.25, -0.2) is 0 Å². The van der Waals surface area contributed by atoms with Gasteiger partial charge in [0.05, 0.1) is 58.5 Å². The van der Waals surface area contributed by atoms with Crippen LogP contribution in [0.3, 0.4) is 0 Å². The van der Waals surface area contributed by atoms with Crippen molar-refractivity contribution in [3.63, 3.8) is 0 Å². The molecule has 0 amide bonds. The maximum atomic E-state index is 13.3. The van der Waals surface area contributed by atoms with Crippen LogP contribution in [0.4, 0.5) is 0 Å². The predicted molar refractivity (Wildman–Crippen MR) is 214 cm³/mol. The van der Waals surface area contributed by atoms with Gasteiger partial charge in [-0.2, -0.15) is 0 Å². The first kappa shape index (κ1) is 49.3. The summed E-state index contributed by atoms with van der Waals surface area (Å²) in [7, 11) is 2.72. The predicted octanol–water partition coefficient (Wildman–Crippen LogP) is 3.12. The molecule has 0 radical (unpaired) electrons. The number of nitrogens with zero attached hydrogens (tertiary/aromatic N) is 3. The van der Waals surface area contributed by atoms with Crippen LogP contribution in [0.1, 0.15) is 66.9 Å². The normalized spacial score (nSPS) is 17.6.